The van der Waals surface area contributed by atoms with E-state index in [1.807, 2.05) is 27.7 Å². The topological polar surface area (TPSA) is 57.2 Å². The molecule has 0 spiro atoms. The van der Waals surface area contributed by atoms with Crippen LogP contribution in [-0.4, -0.2) is 52.1 Å². The van der Waals surface area contributed by atoms with Gasteiger partial charge in [0.2, 0.25) is 0 Å². The van der Waals surface area contributed by atoms with Crippen molar-refractivity contribution < 1.29 is 24.1 Å². The highest BCUT2D eigenvalue weighted by Crippen LogP contribution is 2.34. The molecule has 2 heterocycles. The van der Waals surface area contributed by atoms with Crippen molar-refractivity contribution in [1.82, 2.24) is 0 Å². The van der Waals surface area contributed by atoms with E-state index in [0.29, 0.717) is 6.61 Å². The minimum atomic E-state index is -0.742. The molecule has 18 heavy (non-hydrogen) atoms. The smallest absolute Gasteiger partial charge is 0.163 e. The monoisotopic (exact) mass is 372 g/mol. The maximum Gasteiger partial charge on any atom is 0.163 e. The van der Waals surface area contributed by atoms with E-state index in [9.17, 15) is 5.11 Å². The molecule has 2 aliphatic rings. The molecule has 106 valence electrons. The molecular formula is C12H21IO5. The minimum Gasteiger partial charge on any atom is -0.387 e. The van der Waals surface area contributed by atoms with E-state index in [0.717, 1.165) is 4.43 Å². The van der Waals surface area contributed by atoms with Gasteiger partial charge in [-0.25, -0.2) is 0 Å². The Bertz CT molecular complexity index is 307. The number of rotatable bonds is 3. The van der Waals surface area contributed by atoms with Crippen molar-refractivity contribution in [1.29, 1.82) is 0 Å². The molecule has 0 aromatic carbocycles. The molecule has 5 nitrogen and oxygen atoms in total. The summed E-state index contributed by atoms with van der Waals surface area (Å²) in [4.78, 5) is 0. The predicted molar refractivity (Wildman–Crippen MR) is 73.6 cm³/mol. The lowest BCUT2D eigenvalue weighted by Crippen LogP contribution is -2.45. The number of aliphatic hydroxyl groups excluding tert-OH is 1. The van der Waals surface area contributed by atoms with Crippen LogP contribution < -0.4 is 0 Å². The van der Waals surface area contributed by atoms with Crippen molar-refractivity contribution in [2.24, 2.45) is 0 Å². The van der Waals surface area contributed by atoms with Crippen molar-refractivity contribution >= 4 is 22.6 Å². The van der Waals surface area contributed by atoms with Gasteiger partial charge in [0.15, 0.2) is 11.6 Å². The lowest BCUT2D eigenvalue weighted by molar-refractivity contribution is -0.178. The molecule has 0 saturated carbocycles. The first-order valence-corrected chi connectivity index (χ1v) is 7.68. The molecule has 6 heteroatoms. The number of alkyl halides is 1. The molecule has 2 rings (SSSR count). The molecule has 4 atom stereocenters. The number of hydrogen-bond donors (Lipinski definition) is 1. The zero-order valence-corrected chi connectivity index (χ0v) is 13.3. The third-order valence-corrected chi connectivity index (χ3v) is 3.99. The van der Waals surface area contributed by atoms with Gasteiger partial charge in [-0.3, -0.25) is 0 Å². The number of halogens is 1. The summed E-state index contributed by atoms with van der Waals surface area (Å²) in [6.07, 6.45) is -1.61. The van der Waals surface area contributed by atoms with E-state index >= 15 is 0 Å². The fourth-order valence-electron chi connectivity index (χ4n) is 2.37. The van der Waals surface area contributed by atoms with Crippen LogP contribution in [-0.2, 0) is 18.9 Å². The molecular weight excluding hydrogens is 351 g/mol. The predicted octanol–water partition coefficient (Wildman–Crippen LogP) is 1.45. The van der Waals surface area contributed by atoms with Crippen LogP contribution >= 0.6 is 22.6 Å². The Kier molecular flexibility index (Phi) is 4.26. The Morgan fingerprint density at radius 3 is 2.33 bits per heavy atom. The molecule has 0 aliphatic carbocycles. The largest absolute Gasteiger partial charge is 0.387 e. The average molecular weight is 372 g/mol. The molecule has 1 N–H and O–H groups in total. The van der Waals surface area contributed by atoms with E-state index in [1.54, 1.807) is 0 Å². The Morgan fingerprint density at radius 1 is 1.17 bits per heavy atom. The molecule has 2 fully saturated rings. The molecule has 0 unspecified atom stereocenters. The summed E-state index contributed by atoms with van der Waals surface area (Å²) >= 11 is 2.24. The fraction of sp³-hybridized carbons (Fsp3) is 1.00. The highest BCUT2D eigenvalue weighted by molar-refractivity contribution is 14.1. The molecule has 0 radical (unpaired) electrons. The third kappa shape index (κ3) is 3.16. The second kappa shape index (κ2) is 5.14. The summed E-state index contributed by atoms with van der Waals surface area (Å²) in [6.45, 7) is 7.77. The Hall–Kier alpha value is 0.530. The van der Waals surface area contributed by atoms with E-state index in [-0.39, 0.29) is 18.3 Å². The first-order chi connectivity index (χ1) is 8.24. The number of aliphatic hydroxyl groups is 1. The second-order valence-corrected chi connectivity index (χ2v) is 6.53. The third-order valence-electron chi connectivity index (χ3n) is 3.12. The minimum absolute atomic E-state index is 0.122. The zero-order chi connectivity index (χ0) is 13.6. The van der Waals surface area contributed by atoms with Crippen LogP contribution in [0.1, 0.15) is 27.7 Å². The summed E-state index contributed by atoms with van der Waals surface area (Å²) in [5, 5.41) is 10.4. The Morgan fingerprint density at radius 2 is 1.83 bits per heavy atom. The molecule has 0 aromatic rings. The molecule has 0 aromatic heterocycles. The van der Waals surface area contributed by atoms with E-state index in [1.165, 1.54) is 0 Å². The quantitative estimate of drug-likeness (QED) is 0.601. The lowest BCUT2D eigenvalue weighted by Gasteiger charge is -2.26. The van der Waals surface area contributed by atoms with Crippen molar-refractivity contribution in [3.05, 3.63) is 0 Å². The summed E-state index contributed by atoms with van der Waals surface area (Å²) in [5.41, 5.74) is 0. The standard InChI is InChI=1S/C12H21IO5/c1-11(2)15-6-8(17-11)9(14)10-7(5-13)16-12(3,4)18-10/h7-10,14H,5-6H2,1-4H3/t7-,8-,9-,10-/m1/s1. The van der Waals surface area contributed by atoms with Crippen LogP contribution in [0.15, 0.2) is 0 Å². The molecule has 2 aliphatic heterocycles. The van der Waals surface area contributed by atoms with Gasteiger partial charge in [0.1, 0.15) is 18.3 Å². The van der Waals surface area contributed by atoms with E-state index < -0.39 is 17.7 Å². The Labute approximate surface area is 121 Å². The van der Waals surface area contributed by atoms with Gasteiger partial charge in [0.25, 0.3) is 0 Å². The average Bonchev–Trinajstić information content (AvgIpc) is 2.77. The first-order valence-electron chi connectivity index (χ1n) is 6.15. The van der Waals surface area contributed by atoms with Gasteiger partial charge >= 0.3 is 0 Å². The van der Waals surface area contributed by atoms with Crippen molar-refractivity contribution in [3.8, 4) is 0 Å². The van der Waals surface area contributed by atoms with Crippen LogP contribution in [0.4, 0.5) is 0 Å². The maximum absolute atomic E-state index is 10.4. The van der Waals surface area contributed by atoms with Crippen molar-refractivity contribution in [3.63, 3.8) is 0 Å². The van der Waals surface area contributed by atoms with Gasteiger partial charge in [0.05, 0.1) is 12.7 Å². The van der Waals surface area contributed by atoms with Crippen LogP contribution in [0, 0.1) is 0 Å². The number of hydrogen-bond acceptors (Lipinski definition) is 5. The maximum atomic E-state index is 10.4. The Balaban J connectivity index is 2.02. The van der Waals surface area contributed by atoms with Gasteiger partial charge in [-0.15, -0.1) is 0 Å². The zero-order valence-electron chi connectivity index (χ0n) is 11.2. The highest BCUT2D eigenvalue weighted by Gasteiger charge is 2.49. The molecule has 0 amide bonds. The summed E-state index contributed by atoms with van der Waals surface area (Å²) in [5.74, 6) is -1.29. The summed E-state index contributed by atoms with van der Waals surface area (Å²) < 4.78 is 23.5. The van der Waals surface area contributed by atoms with Gasteiger partial charge in [0, 0.05) is 4.43 Å². The van der Waals surface area contributed by atoms with Crippen molar-refractivity contribution in [2.45, 2.75) is 63.7 Å². The molecule has 0 bridgehead atoms. The van der Waals surface area contributed by atoms with Gasteiger partial charge in [-0.05, 0) is 27.7 Å². The van der Waals surface area contributed by atoms with Crippen LogP contribution in [0.25, 0.3) is 0 Å². The molecule has 2 saturated heterocycles. The van der Waals surface area contributed by atoms with Gasteiger partial charge < -0.3 is 24.1 Å². The number of ether oxygens (including phenoxy) is 4. The van der Waals surface area contributed by atoms with Gasteiger partial charge in [-0.2, -0.15) is 0 Å². The summed E-state index contributed by atoms with van der Waals surface area (Å²) in [7, 11) is 0. The lowest BCUT2D eigenvalue weighted by atomic mass is 10.0. The van der Waals surface area contributed by atoms with Crippen LogP contribution in [0.2, 0.25) is 0 Å². The van der Waals surface area contributed by atoms with E-state index in [4.69, 9.17) is 18.9 Å². The fourth-order valence-corrected chi connectivity index (χ4v) is 3.05. The SMILES string of the molecule is CC1(C)OC[C@H]([C@@H](O)[C@@H]2OC(C)(C)O[C@@H]2CI)O1. The normalized spacial score (nSPS) is 40.0. The second-order valence-electron chi connectivity index (χ2n) is 5.65. The first kappa shape index (κ1) is 14.9. The van der Waals surface area contributed by atoms with E-state index in [2.05, 4.69) is 22.6 Å². The van der Waals surface area contributed by atoms with Crippen molar-refractivity contribution in [2.75, 3.05) is 11.0 Å². The van der Waals surface area contributed by atoms with Gasteiger partial charge in [-0.1, -0.05) is 22.6 Å². The van der Waals surface area contributed by atoms with Crippen LogP contribution in [0.5, 0.6) is 0 Å². The highest BCUT2D eigenvalue weighted by atomic mass is 127. The summed E-state index contributed by atoms with van der Waals surface area (Å²) in [6, 6.07) is 0. The van der Waals surface area contributed by atoms with Crippen LogP contribution in [0.3, 0.4) is 0 Å².